The Morgan fingerprint density at radius 1 is 1.43 bits per heavy atom. The van der Waals surface area contributed by atoms with Crippen molar-refractivity contribution in [2.45, 2.75) is 26.2 Å². The fourth-order valence-corrected chi connectivity index (χ4v) is 1.00. The Labute approximate surface area is 81.1 Å². The fraction of sp³-hybridized carbons (Fsp3) is 0.625. The van der Waals surface area contributed by atoms with Crippen LogP contribution in [-0.4, -0.2) is 29.5 Å². The molecule has 0 bridgehead atoms. The topological polar surface area (TPSA) is 75.7 Å². The van der Waals surface area contributed by atoms with Crippen LogP contribution in [0, 0.1) is 0 Å². The number of carbonyl (C=O) groups is 3. The summed E-state index contributed by atoms with van der Waals surface area (Å²) in [4.78, 5) is 37.5. The molecule has 14 heavy (non-hydrogen) atoms. The van der Waals surface area contributed by atoms with Gasteiger partial charge in [-0.1, -0.05) is 6.92 Å². The number of rotatable bonds is 3. The molecule has 0 saturated carbocycles. The van der Waals surface area contributed by atoms with Gasteiger partial charge in [0.2, 0.25) is 0 Å². The third-order valence-electron chi connectivity index (χ3n) is 1.70. The van der Waals surface area contributed by atoms with Crippen molar-refractivity contribution < 1.29 is 19.2 Å². The summed E-state index contributed by atoms with van der Waals surface area (Å²) < 4.78 is 0. The molecule has 1 heterocycles. The Bertz CT molecular complexity index is 248. The zero-order valence-corrected chi connectivity index (χ0v) is 7.91. The number of imide groups is 1. The molecular weight excluding hydrogens is 193 g/mol. The predicted molar refractivity (Wildman–Crippen MR) is 45.9 cm³/mol. The lowest BCUT2D eigenvalue weighted by atomic mass is 10.4. The van der Waals surface area contributed by atoms with Crippen molar-refractivity contribution in [3.05, 3.63) is 0 Å². The summed E-state index contributed by atoms with van der Waals surface area (Å²) >= 11 is 0. The molecule has 78 valence electrons. The van der Waals surface area contributed by atoms with Gasteiger partial charge in [-0.2, -0.15) is 0 Å². The minimum Gasteiger partial charge on any atom is -0.320 e. The highest BCUT2D eigenvalue weighted by Gasteiger charge is 2.32. The summed E-state index contributed by atoms with van der Waals surface area (Å²) in [6, 6.07) is 0. The Morgan fingerprint density at radius 2 is 2.00 bits per heavy atom. The number of hydrogen-bond acceptors (Lipinski definition) is 4. The van der Waals surface area contributed by atoms with Gasteiger partial charge >= 0.3 is 6.09 Å². The van der Waals surface area contributed by atoms with Crippen molar-refractivity contribution in [2.24, 2.45) is 0 Å². The van der Waals surface area contributed by atoms with Gasteiger partial charge < -0.3 is 10.2 Å². The van der Waals surface area contributed by atoms with E-state index in [0.29, 0.717) is 11.6 Å². The van der Waals surface area contributed by atoms with E-state index < -0.39 is 17.9 Å². The Hall–Kier alpha value is -1.59. The summed E-state index contributed by atoms with van der Waals surface area (Å²) in [5, 5.41) is 2.91. The van der Waals surface area contributed by atoms with Gasteiger partial charge in [-0.25, -0.2) is 4.79 Å². The van der Waals surface area contributed by atoms with Crippen molar-refractivity contribution in [2.75, 3.05) is 6.54 Å². The van der Waals surface area contributed by atoms with E-state index >= 15 is 0 Å². The molecule has 0 aromatic rings. The molecular formula is C8H12N2O4. The summed E-state index contributed by atoms with van der Waals surface area (Å²) in [6.45, 7) is 2.33. The van der Waals surface area contributed by atoms with Crippen LogP contribution in [0.3, 0.4) is 0 Å². The van der Waals surface area contributed by atoms with E-state index in [0.717, 1.165) is 6.42 Å². The van der Waals surface area contributed by atoms with Gasteiger partial charge in [-0.15, -0.1) is 5.06 Å². The van der Waals surface area contributed by atoms with E-state index in [-0.39, 0.29) is 12.8 Å². The van der Waals surface area contributed by atoms with Crippen LogP contribution in [-0.2, 0) is 14.4 Å². The molecule has 1 aliphatic heterocycles. The molecule has 0 unspecified atom stereocenters. The SMILES string of the molecule is [13CH3][13CH2][13CH2][15NH][13C](=O)ON1C(=O)CCC1=O. The van der Waals surface area contributed by atoms with Crippen LogP contribution in [0.1, 0.15) is 26.2 Å². The van der Waals surface area contributed by atoms with Crippen molar-refractivity contribution in [1.29, 1.82) is 0 Å². The Kier molecular flexibility index (Phi) is 3.44. The molecule has 1 N–H and O–H groups in total. The number of hydroxylamine groups is 2. The lowest BCUT2D eigenvalue weighted by Gasteiger charge is -2.12. The van der Waals surface area contributed by atoms with Crippen LogP contribution >= 0.6 is 0 Å². The molecule has 0 aromatic carbocycles. The second-order valence-electron chi connectivity index (χ2n) is 2.89. The summed E-state index contributed by atoms with van der Waals surface area (Å²) in [5.41, 5.74) is 0. The zero-order chi connectivity index (χ0) is 10.6. The Balaban J connectivity index is 2.39. The highest BCUT2D eigenvalue weighted by molar-refractivity contribution is 6.01. The van der Waals surface area contributed by atoms with Crippen LogP contribution in [0.5, 0.6) is 0 Å². The standard InChI is InChI=1S/C8H12N2O4/c1-2-5-9-8(13)14-10-6(11)3-4-7(10)12/h2-5H2,1H3,(H,9,13)/i1+1,2+1,5+1,8+1,9+1. The van der Waals surface area contributed by atoms with Gasteiger partial charge in [0.15, 0.2) is 0 Å². The van der Waals surface area contributed by atoms with E-state index in [2.05, 4.69) is 10.2 Å². The maximum absolute atomic E-state index is 11.0. The first-order valence-corrected chi connectivity index (χ1v) is 4.46. The third-order valence-corrected chi connectivity index (χ3v) is 1.70. The largest absolute Gasteiger partial charge is 0.432 e. The molecule has 6 nitrogen and oxygen atoms in total. The van der Waals surface area contributed by atoms with E-state index in [4.69, 9.17) is 0 Å². The van der Waals surface area contributed by atoms with Gasteiger partial charge in [0, 0.05) is 19.4 Å². The van der Waals surface area contributed by atoms with Crippen LogP contribution in [0.4, 0.5) is 4.79 Å². The third kappa shape index (κ3) is 2.45. The van der Waals surface area contributed by atoms with Crippen LogP contribution in [0.2, 0.25) is 0 Å². The van der Waals surface area contributed by atoms with Gasteiger partial charge in [0.05, 0.1) is 0 Å². The number of carbonyl (C=O) groups excluding carboxylic acids is 3. The van der Waals surface area contributed by atoms with E-state index in [1.54, 1.807) is 0 Å². The van der Waals surface area contributed by atoms with E-state index in [9.17, 15) is 14.4 Å². The maximum atomic E-state index is 11.0. The smallest absolute Gasteiger partial charge is 0.320 e. The predicted octanol–water partition coefficient (Wildman–Crippen LogP) is 0.187. The Morgan fingerprint density at radius 3 is 2.50 bits per heavy atom. The average molecular weight is 205 g/mol. The van der Waals surface area contributed by atoms with Gasteiger partial charge in [0.1, 0.15) is 0 Å². The van der Waals surface area contributed by atoms with Crippen molar-refractivity contribution in [1.82, 2.24) is 10.4 Å². The summed E-state index contributed by atoms with van der Waals surface area (Å²) in [5.74, 6) is -0.941. The molecule has 0 aromatic heterocycles. The molecule has 6 heteroatoms. The molecule has 0 atom stereocenters. The maximum Gasteiger partial charge on any atom is 0.432 e. The first kappa shape index (κ1) is 10.5. The second kappa shape index (κ2) is 4.59. The normalized spacial score (nSPS) is 15.9. The minimum atomic E-state index is -0.768. The molecule has 1 fully saturated rings. The highest BCUT2D eigenvalue weighted by atomic mass is 16.8. The first-order chi connectivity index (χ1) is 6.65. The molecule has 0 radical (unpaired) electrons. The average Bonchev–Trinajstić information content (AvgIpc) is 2.46. The lowest BCUT2D eigenvalue weighted by Crippen LogP contribution is -2.37. The monoisotopic (exact) mass is 205 g/mol. The van der Waals surface area contributed by atoms with Crippen LogP contribution in [0.15, 0.2) is 0 Å². The first-order valence-electron chi connectivity index (χ1n) is 4.46. The van der Waals surface area contributed by atoms with Gasteiger partial charge in [-0.05, 0) is 6.42 Å². The molecule has 1 saturated heterocycles. The minimum absolute atomic E-state index is 0.111. The van der Waals surface area contributed by atoms with Crippen molar-refractivity contribution in [3.8, 4) is 0 Å². The van der Waals surface area contributed by atoms with E-state index in [1.165, 1.54) is 0 Å². The molecule has 1 aliphatic rings. The van der Waals surface area contributed by atoms with Crippen LogP contribution in [0.25, 0.3) is 0 Å². The summed E-state index contributed by atoms with van der Waals surface area (Å²) in [6.07, 6.45) is 0.215. The number of hydrogen-bond donors (Lipinski definition) is 1. The van der Waals surface area contributed by atoms with Crippen molar-refractivity contribution >= 4 is 17.9 Å². The quantitative estimate of drug-likeness (QED) is 0.405. The number of nitrogens with one attached hydrogen (secondary N) is 1. The molecule has 3 amide bonds. The summed E-state index contributed by atoms with van der Waals surface area (Å²) in [7, 11) is 0. The molecule has 0 spiro atoms. The molecule has 0 aliphatic carbocycles. The van der Waals surface area contributed by atoms with Crippen molar-refractivity contribution in [3.63, 3.8) is 0 Å². The van der Waals surface area contributed by atoms with Crippen LogP contribution < -0.4 is 5.32 Å². The number of amides is 3. The molecule has 1 rings (SSSR count). The fourth-order valence-electron chi connectivity index (χ4n) is 1.00. The second-order valence-corrected chi connectivity index (χ2v) is 2.89. The van der Waals surface area contributed by atoms with Gasteiger partial charge in [-0.3, -0.25) is 9.59 Å². The lowest BCUT2D eigenvalue weighted by molar-refractivity contribution is -0.171. The van der Waals surface area contributed by atoms with Gasteiger partial charge in [0.25, 0.3) is 11.8 Å². The highest BCUT2D eigenvalue weighted by Crippen LogP contribution is 2.11. The zero-order valence-electron chi connectivity index (χ0n) is 7.91. The number of nitrogens with zero attached hydrogens (tertiary/aromatic N) is 1. The van der Waals surface area contributed by atoms with E-state index in [1.807, 2.05) is 6.92 Å².